The van der Waals surface area contributed by atoms with Crippen molar-refractivity contribution in [1.82, 2.24) is 0 Å². The minimum absolute atomic E-state index is 0.0631. The Bertz CT molecular complexity index is 1020. The largest absolute Gasteiger partial charge is 0.382 e. The molecule has 4 rings (SSSR count). The van der Waals surface area contributed by atoms with Crippen molar-refractivity contribution in [2.24, 2.45) is 0 Å². The summed E-state index contributed by atoms with van der Waals surface area (Å²) in [6, 6.07) is 30.2. The van der Waals surface area contributed by atoms with Gasteiger partial charge in [0.15, 0.2) is 0 Å². The molecule has 1 saturated heterocycles. The molecule has 0 radical (unpaired) electrons. The van der Waals surface area contributed by atoms with Gasteiger partial charge in [0.05, 0.1) is 33.0 Å². The zero-order chi connectivity index (χ0) is 26.4. The maximum absolute atomic E-state index is 6.52. The molecule has 1 aliphatic heterocycles. The Morgan fingerprint density at radius 3 is 1.87 bits per heavy atom. The minimum atomic E-state index is -0.509. The molecule has 0 aliphatic carbocycles. The van der Waals surface area contributed by atoms with Gasteiger partial charge in [-0.1, -0.05) is 91.0 Å². The minimum Gasteiger partial charge on any atom is -0.382 e. The lowest BCUT2D eigenvalue weighted by Crippen LogP contribution is -2.53. The van der Waals surface area contributed by atoms with Crippen molar-refractivity contribution >= 4 is 0 Å². The van der Waals surface area contributed by atoms with Crippen molar-refractivity contribution in [2.45, 2.75) is 50.3 Å². The van der Waals surface area contributed by atoms with Crippen LogP contribution in [0.1, 0.15) is 16.7 Å². The summed E-state index contributed by atoms with van der Waals surface area (Å²) in [5.41, 5.74) is 3.20. The summed E-state index contributed by atoms with van der Waals surface area (Å²) in [7, 11) is 3.30. The summed E-state index contributed by atoms with van der Waals surface area (Å²) in [5, 5.41) is 0. The highest BCUT2D eigenvalue weighted by Crippen LogP contribution is 2.27. The van der Waals surface area contributed by atoms with Crippen LogP contribution in [0.4, 0.5) is 0 Å². The number of methoxy groups -OCH3 is 2. The van der Waals surface area contributed by atoms with Crippen molar-refractivity contribution in [3.05, 3.63) is 108 Å². The summed E-state index contributed by atoms with van der Waals surface area (Å²) in [4.78, 5) is 0. The lowest BCUT2D eigenvalue weighted by molar-refractivity contribution is -0.187. The predicted octanol–water partition coefficient (Wildman–Crippen LogP) is 4.78. The maximum atomic E-state index is 6.52. The molecule has 1 fully saturated rings. The van der Waals surface area contributed by atoms with E-state index in [1.54, 1.807) is 14.2 Å². The van der Waals surface area contributed by atoms with Gasteiger partial charge in [-0.25, -0.2) is 0 Å². The van der Waals surface area contributed by atoms with E-state index in [0.29, 0.717) is 33.0 Å². The van der Waals surface area contributed by atoms with E-state index < -0.39 is 24.4 Å². The van der Waals surface area contributed by atoms with Crippen molar-refractivity contribution in [2.75, 3.05) is 34.2 Å². The van der Waals surface area contributed by atoms with Gasteiger partial charge in [0.2, 0.25) is 0 Å². The van der Waals surface area contributed by atoms with Crippen molar-refractivity contribution < 1.29 is 33.2 Å². The second-order valence-electron chi connectivity index (χ2n) is 9.21. The first-order valence-corrected chi connectivity index (χ1v) is 13.0. The number of hydrogen-bond acceptors (Lipinski definition) is 7. The first-order chi connectivity index (χ1) is 18.8. The zero-order valence-electron chi connectivity index (χ0n) is 22.1. The molecule has 1 heterocycles. The van der Waals surface area contributed by atoms with E-state index in [9.17, 15) is 0 Å². The number of rotatable bonds is 14. The summed E-state index contributed by atoms with van der Waals surface area (Å²) >= 11 is 0. The maximum Gasteiger partial charge on any atom is 0.147 e. The number of hydrogen-bond donors (Lipinski definition) is 0. The van der Waals surface area contributed by atoms with E-state index in [0.717, 1.165) is 16.7 Å². The SMILES string of the molecule is COCC1OCOC(C(COCc2ccccc2)OCc2ccccc2)C(OCc2ccccc2)C1OC. The van der Waals surface area contributed by atoms with Crippen LogP contribution in [0.25, 0.3) is 0 Å². The van der Waals surface area contributed by atoms with Crippen LogP contribution in [0.2, 0.25) is 0 Å². The van der Waals surface area contributed by atoms with E-state index in [-0.39, 0.29) is 12.9 Å². The lowest BCUT2D eigenvalue weighted by Gasteiger charge is -2.36. The molecule has 38 heavy (non-hydrogen) atoms. The van der Waals surface area contributed by atoms with E-state index >= 15 is 0 Å². The topological polar surface area (TPSA) is 64.6 Å². The smallest absolute Gasteiger partial charge is 0.147 e. The molecule has 204 valence electrons. The van der Waals surface area contributed by atoms with Crippen LogP contribution in [-0.4, -0.2) is 64.7 Å². The molecule has 0 amide bonds. The summed E-state index contributed by atoms with van der Waals surface area (Å²) in [6.07, 6.45) is -2.25. The van der Waals surface area contributed by atoms with Crippen molar-refractivity contribution in [3.8, 4) is 0 Å². The highest BCUT2D eigenvalue weighted by atomic mass is 16.7. The van der Waals surface area contributed by atoms with Gasteiger partial charge in [-0.05, 0) is 16.7 Å². The summed E-state index contributed by atoms with van der Waals surface area (Å²) < 4.78 is 42.8. The van der Waals surface area contributed by atoms with Gasteiger partial charge in [0.1, 0.15) is 37.3 Å². The first kappa shape index (κ1) is 28.4. The van der Waals surface area contributed by atoms with Gasteiger partial charge in [0, 0.05) is 14.2 Å². The second kappa shape index (κ2) is 15.7. The zero-order valence-corrected chi connectivity index (χ0v) is 22.1. The normalized spacial score (nSPS) is 22.6. The summed E-state index contributed by atoms with van der Waals surface area (Å²) in [5.74, 6) is 0. The van der Waals surface area contributed by atoms with Crippen LogP contribution in [0.5, 0.6) is 0 Å². The van der Waals surface area contributed by atoms with E-state index in [1.807, 2.05) is 91.0 Å². The van der Waals surface area contributed by atoms with E-state index in [1.165, 1.54) is 0 Å². The molecule has 7 heteroatoms. The molecule has 5 atom stereocenters. The quantitative estimate of drug-likeness (QED) is 0.302. The van der Waals surface area contributed by atoms with Crippen LogP contribution in [0, 0.1) is 0 Å². The molecule has 5 unspecified atom stereocenters. The molecule has 0 saturated carbocycles. The molecular formula is C31H38O7. The van der Waals surface area contributed by atoms with Crippen molar-refractivity contribution in [1.29, 1.82) is 0 Å². The van der Waals surface area contributed by atoms with Gasteiger partial charge in [-0.2, -0.15) is 0 Å². The van der Waals surface area contributed by atoms with Crippen LogP contribution in [-0.2, 0) is 53.0 Å². The van der Waals surface area contributed by atoms with Gasteiger partial charge in [-0.3, -0.25) is 0 Å². The Morgan fingerprint density at radius 2 is 1.29 bits per heavy atom. The second-order valence-corrected chi connectivity index (χ2v) is 9.21. The molecular weight excluding hydrogens is 484 g/mol. The Morgan fingerprint density at radius 1 is 0.711 bits per heavy atom. The molecule has 0 bridgehead atoms. The molecule has 3 aromatic rings. The Hall–Kier alpha value is -2.62. The van der Waals surface area contributed by atoms with E-state index in [2.05, 4.69) is 0 Å². The average molecular weight is 523 g/mol. The van der Waals surface area contributed by atoms with Gasteiger partial charge in [0.25, 0.3) is 0 Å². The first-order valence-electron chi connectivity index (χ1n) is 13.0. The van der Waals surface area contributed by atoms with Crippen molar-refractivity contribution in [3.63, 3.8) is 0 Å². The van der Waals surface area contributed by atoms with Crippen LogP contribution < -0.4 is 0 Å². The van der Waals surface area contributed by atoms with Gasteiger partial charge >= 0.3 is 0 Å². The molecule has 0 N–H and O–H groups in total. The molecule has 1 aliphatic rings. The predicted molar refractivity (Wildman–Crippen MR) is 143 cm³/mol. The Kier molecular flexibility index (Phi) is 11.7. The number of ether oxygens (including phenoxy) is 7. The Labute approximate surface area is 225 Å². The standard InChI is InChI=1S/C31H38O7/c1-32-21-27-29(33-2)31(36-20-26-16-10-5-11-17-26)30(38-23-37-27)28(35-19-25-14-8-4-9-15-25)22-34-18-24-12-6-3-7-13-24/h3-17,27-31H,18-23H2,1-2H3. The third kappa shape index (κ3) is 8.44. The van der Waals surface area contributed by atoms with Gasteiger partial charge < -0.3 is 33.2 Å². The number of benzene rings is 3. The fourth-order valence-corrected chi connectivity index (χ4v) is 4.54. The molecule has 3 aromatic carbocycles. The lowest BCUT2D eigenvalue weighted by atomic mass is 9.98. The van der Waals surface area contributed by atoms with Crippen LogP contribution in [0.15, 0.2) is 91.0 Å². The fraction of sp³-hybridized carbons (Fsp3) is 0.419. The monoisotopic (exact) mass is 522 g/mol. The fourth-order valence-electron chi connectivity index (χ4n) is 4.54. The summed E-state index contributed by atoms with van der Waals surface area (Å²) in [6.45, 7) is 1.98. The molecule has 7 nitrogen and oxygen atoms in total. The third-order valence-electron chi connectivity index (χ3n) is 6.51. The molecule has 0 spiro atoms. The van der Waals surface area contributed by atoms with Crippen LogP contribution >= 0.6 is 0 Å². The Balaban J connectivity index is 1.55. The molecule has 0 aromatic heterocycles. The van der Waals surface area contributed by atoms with Crippen LogP contribution in [0.3, 0.4) is 0 Å². The highest BCUT2D eigenvalue weighted by Gasteiger charge is 2.44. The third-order valence-corrected chi connectivity index (χ3v) is 6.51. The highest BCUT2D eigenvalue weighted by molar-refractivity contribution is 5.15. The van der Waals surface area contributed by atoms with Gasteiger partial charge in [-0.15, -0.1) is 0 Å². The van der Waals surface area contributed by atoms with E-state index in [4.69, 9.17) is 33.2 Å². The average Bonchev–Trinajstić information content (AvgIpc) is 3.14.